The van der Waals surface area contributed by atoms with Crippen molar-refractivity contribution in [3.8, 4) is 5.75 Å². The first-order valence-corrected chi connectivity index (χ1v) is 11.7. The van der Waals surface area contributed by atoms with Gasteiger partial charge in [-0.25, -0.2) is 8.78 Å². The van der Waals surface area contributed by atoms with Crippen molar-refractivity contribution in [2.24, 2.45) is 5.92 Å². The summed E-state index contributed by atoms with van der Waals surface area (Å²) in [4.78, 5) is 40.8. The van der Waals surface area contributed by atoms with Gasteiger partial charge in [-0.15, -0.1) is 0 Å². The molecule has 0 spiro atoms. The zero-order chi connectivity index (χ0) is 25.4. The van der Waals surface area contributed by atoms with E-state index >= 15 is 0 Å². The molecule has 3 heterocycles. The van der Waals surface area contributed by atoms with Crippen LogP contribution < -0.4 is 10.7 Å². The van der Waals surface area contributed by atoms with Gasteiger partial charge in [0.25, 0.3) is 11.8 Å². The Balaban J connectivity index is 1.72. The number of methoxy groups -OCH3 is 1. The van der Waals surface area contributed by atoms with E-state index in [1.807, 2.05) is 6.92 Å². The van der Waals surface area contributed by atoms with Crippen molar-refractivity contribution in [1.82, 2.24) is 14.8 Å². The van der Waals surface area contributed by atoms with Gasteiger partial charge in [-0.2, -0.15) is 0 Å². The summed E-state index contributed by atoms with van der Waals surface area (Å²) in [5.41, 5.74) is -1.64. The van der Waals surface area contributed by atoms with Gasteiger partial charge in [-0.3, -0.25) is 14.4 Å². The summed E-state index contributed by atoms with van der Waals surface area (Å²) in [5.74, 6) is -3.94. The number of halogens is 3. The summed E-state index contributed by atoms with van der Waals surface area (Å²) in [7, 11) is 1.56. The number of piperidine rings is 1. The second kappa shape index (κ2) is 9.94. The summed E-state index contributed by atoms with van der Waals surface area (Å²) in [6.45, 7) is 2.56. The number of carbonyl (C=O) groups excluding carboxylic acids is 2. The molecule has 2 aliphatic rings. The van der Waals surface area contributed by atoms with Crippen LogP contribution in [0.2, 0.25) is 5.02 Å². The lowest BCUT2D eigenvalue weighted by atomic mass is 9.82. The third kappa shape index (κ3) is 4.40. The average Bonchev–Trinajstić information content (AvgIpc) is 2.84. The SMILES string of the molecule is COCC[C@H]1[C@@H]2C(C)CCCN2C(=O)c2c(O)c(=O)c(C(=O)NCc3ccc(F)c(Cl)c3F)cn21. The van der Waals surface area contributed by atoms with E-state index in [9.17, 15) is 28.3 Å². The smallest absolute Gasteiger partial charge is 0.274 e. The molecule has 2 amide bonds. The molecule has 188 valence electrons. The summed E-state index contributed by atoms with van der Waals surface area (Å²) < 4.78 is 34.4. The Kier molecular flexibility index (Phi) is 7.14. The summed E-state index contributed by atoms with van der Waals surface area (Å²) in [5, 5.41) is 12.4. The van der Waals surface area contributed by atoms with Gasteiger partial charge < -0.3 is 24.6 Å². The molecule has 11 heteroatoms. The van der Waals surface area contributed by atoms with Gasteiger partial charge in [0, 0.05) is 38.6 Å². The summed E-state index contributed by atoms with van der Waals surface area (Å²) in [6.07, 6.45) is 3.50. The maximum atomic E-state index is 14.2. The minimum atomic E-state index is -1.02. The number of benzene rings is 1. The second-order valence-electron chi connectivity index (χ2n) is 8.95. The highest BCUT2D eigenvalue weighted by molar-refractivity contribution is 6.30. The van der Waals surface area contributed by atoms with Crippen molar-refractivity contribution in [2.45, 2.75) is 44.8 Å². The zero-order valence-electron chi connectivity index (χ0n) is 19.3. The minimum Gasteiger partial charge on any atom is -0.503 e. The van der Waals surface area contributed by atoms with Crippen LogP contribution in [-0.2, 0) is 11.3 Å². The Morgan fingerprint density at radius 2 is 2.06 bits per heavy atom. The zero-order valence-corrected chi connectivity index (χ0v) is 20.1. The maximum absolute atomic E-state index is 14.2. The van der Waals surface area contributed by atoms with Crippen LogP contribution in [0, 0.1) is 17.6 Å². The van der Waals surface area contributed by atoms with Crippen LogP contribution in [0.25, 0.3) is 0 Å². The van der Waals surface area contributed by atoms with Crippen LogP contribution >= 0.6 is 11.6 Å². The first kappa shape index (κ1) is 25.1. The predicted octanol–water partition coefficient (Wildman–Crippen LogP) is 3.25. The number of rotatable bonds is 6. The van der Waals surface area contributed by atoms with E-state index in [2.05, 4.69) is 5.32 Å². The molecule has 1 aromatic heterocycles. The van der Waals surface area contributed by atoms with Crippen LogP contribution in [-0.4, -0.2) is 52.7 Å². The van der Waals surface area contributed by atoms with Crippen molar-refractivity contribution in [2.75, 3.05) is 20.3 Å². The normalized spacial score (nSPS) is 21.5. The number of pyridine rings is 1. The van der Waals surface area contributed by atoms with Crippen LogP contribution in [0.3, 0.4) is 0 Å². The number of hydrogen-bond acceptors (Lipinski definition) is 5. The number of carbonyl (C=O) groups is 2. The van der Waals surface area contributed by atoms with Gasteiger partial charge in [0.2, 0.25) is 5.43 Å². The van der Waals surface area contributed by atoms with E-state index in [-0.39, 0.29) is 35.8 Å². The maximum Gasteiger partial charge on any atom is 0.274 e. The summed E-state index contributed by atoms with van der Waals surface area (Å²) >= 11 is 5.58. The monoisotopic (exact) mass is 509 g/mol. The van der Waals surface area contributed by atoms with E-state index in [4.69, 9.17) is 16.3 Å². The lowest BCUT2D eigenvalue weighted by Gasteiger charge is -2.49. The number of aromatic hydroxyl groups is 1. The number of hydrogen-bond donors (Lipinski definition) is 2. The molecule has 4 rings (SSSR count). The third-order valence-corrected chi connectivity index (χ3v) is 7.19. The van der Waals surface area contributed by atoms with E-state index in [0.29, 0.717) is 19.6 Å². The molecule has 3 atom stereocenters. The largest absolute Gasteiger partial charge is 0.503 e. The van der Waals surface area contributed by atoms with Gasteiger partial charge in [0.1, 0.15) is 22.2 Å². The Morgan fingerprint density at radius 1 is 1.31 bits per heavy atom. The molecule has 2 aliphatic heterocycles. The number of nitrogens with one attached hydrogen (secondary N) is 1. The van der Waals surface area contributed by atoms with E-state index < -0.39 is 45.2 Å². The fourth-order valence-corrected chi connectivity index (χ4v) is 5.30. The Morgan fingerprint density at radius 3 is 2.77 bits per heavy atom. The number of aromatic nitrogens is 1. The lowest BCUT2D eigenvalue weighted by Crippen LogP contribution is -2.57. The van der Waals surface area contributed by atoms with E-state index in [1.165, 1.54) is 10.8 Å². The Hall–Kier alpha value is -2.98. The summed E-state index contributed by atoms with van der Waals surface area (Å²) in [6, 6.07) is 1.58. The van der Waals surface area contributed by atoms with Crippen molar-refractivity contribution in [3.05, 3.63) is 62.0 Å². The molecule has 1 fully saturated rings. The first-order valence-electron chi connectivity index (χ1n) is 11.4. The molecule has 0 saturated carbocycles. The molecular formula is C24H26ClF2N3O5. The van der Waals surface area contributed by atoms with Crippen molar-refractivity contribution in [1.29, 1.82) is 0 Å². The number of amides is 2. The number of fused-ring (bicyclic) bond motifs is 2. The van der Waals surface area contributed by atoms with Gasteiger partial charge in [-0.05, 0) is 31.2 Å². The van der Waals surface area contributed by atoms with E-state index in [0.717, 1.165) is 25.0 Å². The van der Waals surface area contributed by atoms with Gasteiger partial charge in [-0.1, -0.05) is 24.6 Å². The Bertz CT molecular complexity index is 1230. The van der Waals surface area contributed by atoms with Crippen LogP contribution in [0.15, 0.2) is 23.1 Å². The highest BCUT2D eigenvalue weighted by Crippen LogP contribution is 2.40. The molecule has 0 radical (unpaired) electrons. The molecule has 0 aliphatic carbocycles. The highest BCUT2D eigenvalue weighted by Gasteiger charge is 2.45. The third-order valence-electron chi connectivity index (χ3n) is 6.84. The molecule has 1 saturated heterocycles. The second-order valence-corrected chi connectivity index (χ2v) is 9.33. The molecule has 35 heavy (non-hydrogen) atoms. The van der Waals surface area contributed by atoms with Gasteiger partial charge in [0.15, 0.2) is 11.4 Å². The van der Waals surface area contributed by atoms with E-state index in [1.54, 1.807) is 12.0 Å². The van der Waals surface area contributed by atoms with Crippen LogP contribution in [0.1, 0.15) is 58.6 Å². The molecule has 2 N–H and O–H groups in total. The fourth-order valence-electron chi connectivity index (χ4n) is 5.11. The minimum absolute atomic E-state index is 0.0770. The lowest BCUT2D eigenvalue weighted by molar-refractivity contribution is 0.0192. The molecule has 1 unspecified atom stereocenters. The quantitative estimate of drug-likeness (QED) is 0.582. The van der Waals surface area contributed by atoms with Crippen molar-refractivity contribution in [3.63, 3.8) is 0 Å². The number of ether oxygens (including phenoxy) is 1. The van der Waals surface area contributed by atoms with Gasteiger partial charge >= 0.3 is 0 Å². The van der Waals surface area contributed by atoms with Crippen LogP contribution in [0.5, 0.6) is 5.75 Å². The standard InChI is InChI=1S/C24H26ClF2N3O5/c1-12-4-3-8-29-19(12)16(7-9-35-2)30-11-14(21(31)22(32)20(30)24(29)34)23(33)28-10-13-5-6-15(26)17(25)18(13)27/h5-6,11-12,16,19,32H,3-4,7-10H2,1-2H3,(H,28,33)/t12?,16-,19-/m0/s1. The first-order chi connectivity index (χ1) is 16.7. The molecule has 8 nitrogen and oxygen atoms in total. The van der Waals surface area contributed by atoms with Crippen LogP contribution in [0.4, 0.5) is 8.78 Å². The van der Waals surface area contributed by atoms with Gasteiger partial charge in [0.05, 0.1) is 12.1 Å². The topological polar surface area (TPSA) is 101 Å². The molecule has 2 aromatic rings. The highest BCUT2D eigenvalue weighted by atomic mass is 35.5. The fraction of sp³-hybridized carbons (Fsp3) is 0.458. The molecular weight excluding hydrogens is 484 g/mol. The van der Waals surface area contributed by atoms with Crippen molar-refractivity contribution < 1.29 is 28.2 Å². The number of nitrogens with zero attached hydrogens (tertiary/aromatic N) is 2. The van der Waals surface area contributed by atoms with Crippen molar-refractivity contribution >= 4 is 23.4 Å². The average molecular weight is 510 g/mol. The molecule has 1 aromatic carbocycles. The molecule has 0 bridgehead atoms. The Labute approximate surface area is 205 Å². The predicted molar refractivity (Wildman–Crippen MR) is 124 cm³/mol.